The zero-order chi connectivity index (χ0) is 18.4. The van der Waals surface area contributed by atoms with Crippen LogP contribution in [0.2, 0.25) is 5.02 Å². The number of hydrogen-bond acceptors (Lipinski definition) is 5. The van der Waals surface area contributed by atoms with Gasteiger partial charge in [0.2, 0.25) is 0 Å². The Morgan fingerprint density at radius 2 is 2.23 bits per heavy atom. The minimum absolute atomic E-state index is 0.175. The van der Waals surface area contributed by atoms with Gasteiger partial charge in [0, 0.05) is 17.3 Å². The maximum Gasteiger partial charge on any atom is 0.359 e. The van der Waals surface area contributed by atoms with Gasteiger partial charge >= 0.3 is 5.97 Å². The highest BCUT2D eigenvalue weighted by Gasteiger charge is 2.34. The number of hydrogen-bond donors (Lipinski definition) is 1. The molecule has 0 amide bonds. The molecular formula is C18H17ClN4O3. The van der Waals surface area contributed by atoms with E-state index in [1.807, 2.05) is 0 Å². The maximum absolute atomic E-state index is 12.7. The average molecular weight is 373 g/mol. The summed E-state index contributed by atoms with van der Waals surface area (Å²) in [4.78, 5) is 32.1. The van der Waals surface area contributed by atoms with Gasteiger partial charge in [-0.25, -0.2) is 9.31 Å². The van der Waals surface area contributed by atoms with Gasteiger partial charge in [0.15, 0.2) is 5.69 Å². The lowest BCUT2D eigenvalue weighted by Gasteiger charge is -2.05. The van der Waals surface area contributed by atoms with E-state index in [1.165, 1.54) is 4.52 Å². The molecule has 8 heteroatoms. The molecule has 1 saturated carbocycles. The molecule has 3 aromatic heterocycles. The van der Waals surface area contributed by atoms with Crippen molar-refractivity contribution in [1.29, 1.82) is 0 Å². The molecule has 0 bridgehead atoms. The second-order valence-corrected chi connectivity index (χ2v) is 6.75. The molecule has 0 aliphatic heterocycles. The number of fused-ring (bicyclic) bond motifs is 1. The number of ether oxygens (including phenoxy) is 1. The molecule has 1 aliphatic carbocycles. The summed E-state index contributed by atoms with van der Waals surface area (Å²) in [6.07, 6.45) is 5.18. The van der Waals surface area contributed by atoms with Gasteiger partial charge < -0.3 is 9.72 Å². The molecule has 0 radical (unpaired) electrons. The highest BCUT2D eigenvalue weighted by atomic mass is 35.5. The quantitative estimate of drug-likeness (QED) is 0.711. The first kappa shape index (κ1) is 16.8. The zero-order valence-electron chi connectivity index (χ0n) is 14.4. The zero-order valence-corrected chi connectivity index (χ0v) is 15.1. The van der Waals surface area contributed by atoms with E-state index >= 15 is 0 Å². The maximum atomic E-state index is 12.7. The molecule has 4 rings (SSSR count). The lowest BCUT2D eigenvalue weighted by Crippen LogP contribution is -2.12. The van der Waals surface area contributed by atoms with E-state index in [4.69, 9.17) is 16.3 Å². The Morgan fingerprint density at radius 3 is 2.88 bits per heavy atom. The molecule has 0 atom stereocenters. The van der Waals surface area contributed by atoms with Crippen LogP contribution in [0.5, 0.6) is 0 Å². The topological polar surface area (TPSA) is 89.3 Å². The summed E-state index contributed by atoms with van der Waals surface area (Å²) in [7, 11) is 0. The smallest absolute Gasteiger partial charge is 0.359 e. The number of carbonyl (C=O) groups excluding carboxylic acids is 1. The SMILES string of the molecule is CCOC(=O)c1nn2cc(-c3cnc(C)c(Cl)c3)[nH]c(=O)c2c1C1CC1. The standard InChI is InChI=1S/C18H17ClN4O3/c1-3-26-18(25)15-14(10-4-5-10)16-17(24)21-13(8-23(16)22-15)11-6-12(19)9(2)20-7-11/h6-8,10H,3-5H2,1-2H3,(H,21,24). The molecule has 0 saturated heterocycles. The summed E-state index contributed by atoms with van der Waals surface area (Å²) in [6, 6.07) is 1.73. The Kier molecular flexibility index (Phi) is 4.03. The van der Waals surface area contributed by atoms with Crippen molar-refractivity contribution in [2.75, 3.05) is 6.61 Å². The summed E-state index contributed by atoms with van der Waals surface area (Å²) in [5.41, 5.74) is 2.89. The van der Waals surface area contributed by atoms with Crippen molar-refractivity contribution in [2.45, 2.75) is 32.6 Å². The Hall–Kier alpha value is -2.67. The van der Waals surface area contributed by atoms with E-state index in [0.29, 0.717) is 33.1 Å². The summed E-state index contributed by atoms with van der Waals surface area (Å²) < 4.78 is 6.57. The third-order valence-corrected chi connectivity index (χ3v) is 4.83. The third-order valence-electron chi connectivity index (χ3n) is 4.45. The highest BCUT2D eigenvalue weighted by molar-refractivity contribution is 6.31. The first-order valence-corrected chi connectivity index (χ1v) is 8.82. The number of nitrogens with one attached hydrogen (secondary N) is 1. The van der Waals surface area contributed by atoms with Crippen molar-refractivity contribution in [3.05, 3.63) is 50.8 Å². The molecule has 1 aliphatic rings. The van der Waals surface area contributed by atoms with Crippen molar-refractivity contribution < 1.29 is 9.53 Å². The van der Waals surface area contributed by atoms with Crippen molar-refractivity contribution in [2.24, 2.45) is 0 Å². The van der Waals surface area contributed by atoms with Crippen LogP contribution in [-0.2, 0) is 4.74 Å². The van der Waals surface area contributed by atoms with E-state index in [2.05, 4.69) is 15.1 Å². The van der Waals surface area contributed by atoms with E-state index in [-0.39, 0.29) is 23.8 Å². The number of esters is 1. The summed E-state index contributed by atoms with van der Waals surface area (Å²) in [5, 5.41) is 4.86. The number of halogens is 1. The second-order valence-electron chi connectivity index (χ2n) is 6.34. The molecule has 3 aromatic rings. The van der Waals surface area contributed by atoms with Gasteiger partial charge in [0.1, 0.15) is 5.52 Å². The van der Waals surface area contributed by atoms with Crippen molar-refractivity contribution in [1.82, 2.24) is 19.6 Å². The van der Waals surface area contributed by atoms with Crippen LogP contribution >= 0.6 is 11.6 Å². The van der Waals surface area contributed by atoms with E-state index in [9.17, 15) is 9.59 Å². The molecule has 3 heterocycles. The van der Waals surface area contributed by atoms with Gasteiger partial charge in [0.25, 0.3) is 5.56 Å². The van der Waals surface area contributed by atoms with Crippen LogP contribution in [0.15, 0.2) is 23.3 Å². The predicted octanol–water partition coefficient (Wildman–Crippen LogP) is 3.10. The fraction of sp³-hybridized carbons (Fsp3) is 0.333. The van der Waals surface area contributed by atoms with Crippen LogP contribution in [0.1, 0.15) is 47.4 Å². The largest absolute Gasteiger partial charge is 0.461 e. The predicted molar refractivity (Wildman–Crippen MR) is 96.7 cm³/mol. The molecule has 1 fully saturated rings. The fourth-order valence-electron chi connectivity index (χ4n) is 3.01. The number of carbonyl (C=O) groups is 1. The van der Waals surface area contributed by atoms with E-state index in [1.54, 1.807) is 32.3 Å². The minimum atomic E-state index is -0.501. The number of aromatic nitrogens is 4. The van der Waals surface area contributed by atoms with Crippen LogP contribution in [0, 0.1) is 6.92 Å². The summed E-state index contributed by atoms with van der Waals surface area (Å²) in [6.45, 7) is 3.80. The van der Waals surface area contributed by atoms with E-state index in [0.717, 1.165) is 12.8 Å². The molecule has 0 aromatic carbocycles. The first-order valence-electron chi connectivity index (χ1n) is 8.44. The van der Waals surface area contributed by atoms with Crippen LogP contribution < -0.4 is 5.56 Å². The fourth-order valence-corrected chi connectivity index (χ4v) is 3.18. The van der Waals surface area contributed by atoms with Crippen molar-refractivity contribution in [3.8, 4) is 11.3 Å². The number of pyridine rings is 1. The van der Waals surface area contributed by atoms with Gasteiger partial charge in [-0.1, -0.05) is 11.6 Å². The lowest BCUT2D eigenvalue weighted by atomic mass is 10.1. The normalized spacial score (nSPS) is 14.0. The number of rotatable bonds is 4. The van der Waals surface area contributed by atoms with Crippen molar-refractivity contribution >= 4 is 23.1 Å². The lowest BCUT2D eigenvalue weighted by molar-refractivity contribution is 0.0517. The Balaban J connectivity index is 1.91. The number of nitrogens with zero attached hydrogens (tertiary/aromatic N) is 3. The van der Waals surface area contributed by atoms with Gasteiger partial charge in [-0.05, 0) is 38.7 Å². The molecule has 1 N–H and O–H groups in total. The molecule has 7 nitrogen and oxygen atoms in total. The second kappa shape index (κ2) is 6.25. The Morgan fingerprint density at radius 1 is 1.46 bits per heavy atom. The summed E-state index contributed by atoms with van der Waals surface area (Å²) in [5.74, 6) is -0.326. The molecular weight excluding hydrogens is 356 g/mol. The van der Waals surface area contributed by atoms with Gasteiger partial charge in [0.05, 0.1) is 29.2 Å². The minimum Gasteiger partial charge on any atom is -0.461 e. The Labute approximate surface area is 154 Å². The number of aromatic amines is 1. The summed E-state index contributed by atoms with van der Waals surface area (Å²) >= 11 is 6.14. The third kappa shape index (κ3) is 2.78. The molecule has 26 heavy (non-hydrogen) atoms. The van der Waals surface area contributed by atoms with Crippen LogP contribution in [0.25, 0.3) is 16.8 Å². The number of H-pyrrole nitrogens is 1. The Bertz CT molecular complexity index is 1080. The van der Waals surface area contributed by atoms with Gasteiger partial charge in [-0.2, -0.15) is 5.10 Å². The molecule has 0 unspecified atom stereocenters. The van der Waals surface area contributed by atoms with Gasteiger partial charge in [-0.15, -0.1) is 0 Å². The number of aryl methyl sites for hydroxylation is 1. The highest BCUT2D eigenvalue weighted by Crippen LogP contribution is 2.43. The average Bonchev–Trinajstić information content (AvgIpc) is 3.37. The molecule has 134 valence electrons. The van der Waals surface area contributed by atoms with E-state index < -0.39 is 5.97 Å². The van der Waals surface area contributed by atoms with Crippen LogP contribution in [0.3, 0.4) is 0 Å². The van der Waals surface area contributed by atoms with Crippen LogP contribution in [-0.4, -0.2) is 32.2 Å². The van der Waals surface area contributed by atoms with Gasteiger partial charge in [-0.3, -0.25) is 9.78 Å². The monoisotopic (exact) mass is 372 g/mol. The first-order chi connectivity index (χ1) is 12.5. The molecule has 0 spiro atoms. The van der Waals surface area contributed by atoms with Crippen LogP contribution in [0.4, 0.5) is 0 Å². The van der Waals surface area contributed by atoms with Crippen molar-refractivity contribution in [3.63, 3.8) is 0 Å².